The SMILES string of the molecule is CCCNC(=O)c1ccc(N(O)C(CN2CCC(OCOC)C2)c2ccccc2)cc1. The zero-order valence-electron chi connectivity index (χ0n) is 18.4. The van der Waals surface area contributed by atoms with Crippen molar-refractivity contribution < 1.29 is 19.5 Å². The summed E-state index contributed by atoms with van der Waals surface area (Å²) in [4.78, 5) is 14.5. The average molecular weight is 428 g/mol. The number of nitrogens with zero attached hydrogens (tertiary/aromatic N) is 2. The molecule has 2 aromatic rings. The van der Waals surface area contributed by atoms with Gasteiger partial charge in [0, 0.05) is 38.9 Å². The fourth-order valence-electron chi connectivity index (χ4n) is 3.79. The molecule has 2 N–H and O–H groups in total. The van der Waals surface area contributed by atoms with E-state index in [9.17, 15) is 10.0 Å². The number of amides is 1. The number of carbonyl (C=O) groups is 1. The summed E-state index contributed by atoms with van der Waals surface area (Å²) >= 11 is 0. The van der Waals surface area contributed by atoms with Crippen LogP contribution in [0.1, 0.15) is 41.7 Å². The van der Waals surface area contributed by atoms with Crippen molar-refractivity contribution in [2.45, 2.75) is 31.9 Å². The molecular formula is C24H33N3O4. The summed E-state index contributed by atoms with van der Waals surface area (Å²) in [5.74, 6) is -0.100. The number of hydrogen-bond acceptors (Lipinski definition) is 6. The molecule has 0 aromatic heterocycles. The second kappa shape index (κ2) is 11.8. The van der Waals surface area contributed by atoms with E-state index in [0.29, 0.717) is 31.1 Å². The van der Waals surface area contributed by atoms with Crippen molar-refractivity contribution >= 4 is 11.6 Å². The zero-order valence-corrected chi connectivity index (χ0v) is 18.4. The van der Waals surface area contributed by atoms with Crippen LogP contribution in [0.3, 0.4) is 0 Å². The van der Waals surface area contributed by atoms with Gasteiger partial charge in [0.15, 0.2) is 0 Å². The predicted octanol–water partition coefficient (Wildman–Crippen LogP) is 3.46. The molecular weight excluding hydrogens is 394 g/mol. The van der Waals surface area contributed by atoms with Crippen LogP contribution in [0.25, 0.3) is 0 Å². The van der Waals surface area contributed by atoms with E-state index in [4.69, 9.17) is 9.47 Å². The Morgan fingerprint density at radius 2 is 1.97 bits per heavy atom. The molecule has 1 aliphatic heterocycles. The Morgan fingerprint density at radius 1 is 1.23 bits per heavy atom. The number of anilines is 1. The summed E-state index contributed by atoms with van der Waals surface area (Å²) in [5, 5.41) is 15.3. The van der Waals surface area contributed by atoms with Crippen LogP contribution in [0.4, 0.5) is 5.69 Å². The van der Waals surface area contributed by atoms with Crippen molar-refractivity contribution in [3.8, 4) is 0 Å². The van der Waals surface area contributed by atoms with Crippen LogP contribution in [0.15, 0.2) is 54.6 Å². The maximum absolute atomic E-state index is 12.2. The van der Waals surface area contributed by atoms with Gasteiger partial charge >= 0.3 is 0 Å². The highest BCUT2D eigenvalue weighted by Crippen LogP contribution is 2.28. The molecule has 0 aliphatic carbocycles. The largest absolute Gasteiger partial charge is 0.359 e. The topological polar surface area (TPSA) is 74.3 Å². The molecule has 31 heavy (non-hydrogen) atoms. The first kappa shape index (κ1) is 23.2. The summed E-state index contributed by atoms with van der Waals surface area (Å²) < 4.78 is 10.7. The van der Waals surface area contributed by atoms with Crippen molar-refractivity contribution in [3.05, 3.63) is 65.7 Å². The Labute approximate surface area is 184 Å². The highest BCUT2D eigenvalue weighted by Gasteiger charge is 2.28. The molecule has 3 rings (SSSR count). The van der Waals surface area contributed by atoms with Gasteiger partial charge in [-0.05, 0) is 42.7 Å². The third-order valence-electron chi connectivity index (χ3n) is 5.49. The van der Waals surface area contributed by atoms with Crippen LogP contribution in [-0.4, -0.2) is 62.2 Å². The van der Waals surface area contributed by atoms with Crippen molar-refractivity contribution in [1.82, 2.24) is 10.2 Å². The van der Waals surface area contributed by atoms with Crippen LogP contribution in [0, 0.1) is 0 Å². The van der Waals surface area contributed by atoms with Gasteiger partial charge < -0.3 is 14.8 Å². The fourth-order valence-corrected chi connectivity index (χ4v) is 3.79. The Balaban J connectivity index is 1.71. The molecule has 2 unspecified atom stereocenters. The van der Waals surface area contributed by atoms with Gasteiger partial charge in [-0.15, -0.1) is 0 Å². The van der Waals surface area contributed by atoms with Gasteiger partial charge in [0.1, 0.15) is 6.79 Å². The Morgan fingerprint density at radius 3 is 2.65 bits per heavy atom. The smallest absolute Gasteiger partial charge is 0.251 e. The second-order valence-corrected chi connectivity index (χ2v) is 7.82. The van der Waals surface area contributed by atoms with E-state index in [2.05, 4.69) is 10.2 Å². The highest BCUT2D eigenvalue weighted by atomic mass is 16.7. The van der Waals surface area contributed by atoms with Crippen molar-refractivity contribution in [3.63, 3.8) is 0 Å². The van der Waals surface area contributed by atoms with Gasteiger partial charge in [-0.3, -0.25) is 14.9 Å². The zero-order chi connectivity index (χ0) is 22.1. The molecule has 7 heteroatoms. The molecule has 1 aliphatic rings. The van der Waals surface area contributed by atoms with Gasteiger partial charge in [0.05, 0.1) is 17.8 Å². The molecule has 1 saturated heterocycles. The molecule has 2 aromatic carbocycles. The van der Waals surface area contributed by atoms with Crippen LogP contribution < -0.4 is 10.4 Å². The summed E-state index contributed by atoms with van der Waals surface area (Å²) in [6.45, 7) is 5.33. The number of hydroxylamine groups is 1. The summed E-state index contributed by atoms with van der Waals surface area (Å²) in [6.07, 6.45) is 1.98. The first-order chi connectivity index (χ1) is 15.1. The first-order valence-corrected chi connectivity index (χ1v) is 10.9. The second-order valence-electron chi connectivity index (χ2n) is 7.82. The van der Waals surface area contributed by atoms with Crippen LogP contribution in [-0.2, 0) is 9.47 Å². The minimum Gasteiger partial charge on any atom is -0.359 e. The van der Waals surface area contributed by atoms with Gasteiger partial charge in [-0.25, -0.2) is 5.06 Å². The van der Waals surface area contributed by atoms with E-state index in [0.717, 1.165) is 31.5 Å². The van der Waals surface area contributed by atoms with E-state index in [-0.39, 0.29) is 18.1 Å². The van der Waals surface area contributed by atoms with E-state index in [1.165, 1.54) is 5.06 Å². The standard InChI is InChI=1S/C24H33N3O4/c1-3-14-25-24(28)20-9-11-21(12-10-20)27(29)23(19-7-5-4-6-8-19)17-26-15-13-22(16-26)31-18-30-2/h4-12,22-23,29H,3,13-18H2,1-2H3,(H,25,28). The lowest BCUT2D eigenvalue weighted by atomic mass is 10.0. The lowest BCUT2D eigenvalue weighted by molar-refractivity contribution is -0.0672. The maximum Gasteiger partial charge on any atom is 0.251 e. The normalized spacial score (nSPS) is 17.5. The summed E-state index contributed by atoms with van der Waals surface area (Å²) in [5.41, 5.74) is 2.25. The fraction of sp³-hybridized carbons (Fsp3) is 0.458. The monoisotopic (exact) mass is 427 g/mol. The molecule has 0 bridgehead atoms. The van der Waals surface area contributed by atoms with E-state index in [1.807, 2.05) is 37.3 Å². The number of carbonyl (C=O) groups excluding carboxylic acids is 1. The predicted molar refractivity (Wildman–Crippen MR) is 120 cm³/mol. The number of hydrogen-bond donors (Lipinski definition) is 2. The molecule has 168 valence electrons. The van der Waals surface area contributed by atoms with Crippen molar-refractivity contribution in [1.29, 1.82) is 0 Å². The molecule has 1 amide bonds. The van der Waals surface area contributed by atoms with Crippen LogP contribution >= 0.6 is 0 Å². The molecule has 0 radical (unpaired) electrons. The lowest BCUT2D eigenvalue weighted by Gasteiger charge is -2.31. The Bertz CT molecular complexity index is 800. The number of rotatable bonds is 11. The Hall–Kier alpha value is -2.45. The number of likely N-dealkylation sites (tertiary alicyclic amines) is 1. The maximum atomic E-state index is 12.2. The Kier molecular flexibility index (Phi) is 8.85. The molecule has 0 saturated carbocycles. The van der Waals surface area contributed by atoms with Gasteiger partial charge in [-0.1, -0.05) is 37.3 Å². The molecule has 1 fully saturated rings. The number of methoxy groups -OCH3 is 1. The minimum absolute atomic E-state index is 0.100. The third kappa shape index (κ3) is 6.51. The van der Waals surface area contributed by atoms with Crippen LogP contribution in [0.2, 0.25) is 0 Å². The molecule has 2 atom stereocenters. The van der Waals surface area contributed by atoms with Gasteiger partial charge in [0.25, 0.3) is 5.91 Å². The molecule has 7 nitrogen and oxygen atoms in total. The summed E-state index contributed by atoms with van der Waals surface area (Å²) in [7, 11) is 1.63. The number of ether oxygens (including phenoxy) is 2. The summed E-state index contributed by atoms with van der Waals surface area (Å²) in [6, 6.07) is 16.8. The van der Waals surface area contributed by atoms with Crippen molar-refractivity contribution in [2.75, 3.05) is 45.1 Å². The number of benzene rings is 2. The van der Waals surface area contributed by atoms with Gasteiger partial charge in [-0.2, -0.15) is 0 Å². The van der Waals surface area contributed by atoms with Crippen molar-refractivity contribution in [2.24, 2.45) is 0 Å². The van der Waals surface area contributed by atoms with Gasteiger partial charge in [0.2, 0.25) is 0 Å². The van der Waals surface area contributed by atoms with Crippen LogP contribution in [0.5, 0.6) is 0 Å². The lowest BCUT2D eigenvalue weighted by Crippen LogP contribution is -2.36. The quantitative estimate of drug-likeness (QED) is 0.423. The highest BCUT2D eigenvalue weighted by molar-refractivity contribution is 5.94. The van der Waals surface area contributed by atoms with E-state index in [1.54, 1.807) is 31.4 Å². The average Bonchev–Trinajstić information content (AvgIpc) is 3.27. The molecule has 1 heterocycles. The number of nitrogens with one attached hydrogen (secondary N) is 1. The first-order valence-electron chi connectivity index (χ1n) is 10.9. The van der Waals surface area contributed by atoms with E-state index < -0.39 is 0 Å². The molecule has 0 spiro atoms. The minimum atomic E-state index is -0.248. The van der Waals surface area contributed by atoms with E-state index >= 15 is 0 Å². The third-order valence-corrected chi connectivity index (χ3v) is 5.49.